The lowest BCUT2D eigenvalue weighted by molar-refractivity contribution is 0.0692. The highest BCUT2D eigenvalue weighted by Gasteiger charge is 2.15. The summed E-state index contributed by atoms with van der Waals surface area (Å²) in [5.74, 6) is -1.75. The minimum atomic E-state index is -1.23. The Balaban J connectivity index is 2.30. The average molecular weight is 311 g/mol. The van der Waals surface area contributed by atoms with Crippen LogP contribution in [0.15, 0.2) is 36.5 Å². The molecule has 0 atom stereocenters. The predicted octanol–water partition coefficient (Wildman–Crippen LogP) is 3.34. The van der Waals surface area contributed by atoms with Crippen LogP contribution in [0, 0.1) is 0 Å². The highest BCUT2D eigenvalue weighted by molar-refractivity contribution is 6.35. The highest BCUT2D eigenvalue weighted by Crippen LogP contribution is 2.20. The minimum Gasteiger partial charge on any atom is -0.476 e. The summed E-state index contributed by atoms with van der Waals surface area (Å²) < 4.78 is 0. The second-order valence-electron chi connectivity index (χ2n) is 3.82. The van der Waals surface area contributed by atoms with Crippen molar-refractivity contribution < 1.29 is 14.7 Å². The molecule has 0 aliphatic carbocycles. The number of rotatable bonds is 3. The Bertz CT molecular complexity index is 669. The fraction of sp³-hybridized carbons (Fsp3) is 0. The van der Waals surface area contributed by atoms with Gasteiger partial charge in [-0.25, -0.2) is 9.78 Å². The molecular weight excluding hydrogens is 303 g/mol. The number of carboxylic acids is 1. The van der Waals surface area contributed by atoms with Crippen LogP contribution in [-0.4, -0.2) is 22.0 Å². The van der Waals surface area contributed by atoms with Crippen LogP contribution in [0.25, 0.3) is 0 Å². The molecule has 0 aliphatic rings. The van der Waals surface area contributed by atoms with Gasteiger partial charge in [0, 0.05) is 21.8 Å². The number of carbonyl (C=O) groups excluding carboxylic acids is 1. The van der Waals surface area contributed by atoms with Crippen molar-refractivity contribution in [2.75, 3.05) is 5.32 Å². The summed E-state index contributed by atoms with van der Waals surface area (Å²) in [4.78, 5) is 26.7. The van der Waals surface area contributed by atoms with E-state index in [0.717, 1.165) is 0 Å². The molecule has 7 heteroatoms. The summed E-state index contributed by atoms with van der Waals surface area (Å²) in [5.41, 5.74) is 0.0813. The summed E-state index contributed by atoms with van der Waals surface area (Å²) in [7, 11) is 0. The topological polar surface area (TPSA) is 79.3 Å². The summed E-state index contributed by atoms with van der Waals surface area (Å²) in [6.07, 6.45) is 1.33. The molecule has 0 bridgehead atoms. The highest BCUT2D eigenvalue weighted by atomic mass is 35.5. The van der Waals surface area contributed by atoms with Gasteiger partial charge in [0.15, 0.2) is 5.69 Å². The molecule has 0 spiro atoms. The third-order valence-electron chi connectivity index (χ3n) is 2.38. The van der Waals surface area contributed by atoms with Crippen LogP contribution in [0.4, 0.5) is 5.69 Å². The lowest BCUT2D eigenvalue weighted by Gasteiger charge is -2.08. The summed E-state index contributed by atoms with van der Waals surface area (Å²) in [6, 6.07) is 7.32. The molecule has 0 unspecified atom stereocenters. The summed E-state index contributed by atoms with van der Waals surface area (Å²) >= 11 is 11.6. The Kier molecular flexibility index (Phi) is 4.22. The number of aromatic nitrogens is 1. The lowest BCUT2D eigenvalue weighted by atomic mass is 10.2. The van der Waals surface area contributed by atoms with Gasteiger partial charge in [0.1, 0.15) is 0 Å². The maximum absolute atomic E-state index is 12.0. The SMILES string of the molecule is O=C(Nc1cccnc1C(=O)O)c1cc(Cl)cc(Cl)c1. The number of aromatic carboxylic acids is 1. The minimum absolute atomic E-state index is 0.0982. The van der Waals surface area contributed by atoms with Crippen LogP contribution in [-0.2, 0) is 0 Å². The third-order valence-corrected chi connectivity index (χ3v) is 2.82. The molecule has 102 valence electrons. The number of nitrogens with zero attached hydrogens (tertiary/aromatic N) is 1. The van der Waals surface area contributed by atoms with Crippen LogP contribution in [0.3, 0.4) is 0 Å². The molecule has 0 fully saturated rings. The van der Waals surface area contributed by atoms with Gasteiger partial charge in [-0.15, -0.1) is 0 Å². The fourth-order valence-corrected chi connectivity index (χ4v) is 2.08. The van der Waals surface area contributed by atoms with Gasteiger partial charge in [-0.05, 0) is 30.3 Å². The molecule has 2 rings (SSSR count). The second kappa shape index (κ2) is 5.90. The van der Waals surface area contributed by atoms with Crippen LogP contribution >= 0.6 is 23.2 Å². The first kappa shape index (κ1) is 14.3. The van der Waals surface area contributed by atoms with Gasteiger partial charge in [0.2, 0.25) is 0 Å². The normalized spacial score (nSPS) is 10.1. The number of hydrogen-bond acceptors (Lipinski definition) is 3. The number of pyridine rings is 1. The molecule has 5 nitrogen and oxygen atoms in total. The predicted molar refractivity (Wildman–Crippen MR) is 75.6 cm³/mol. The number of amides is 1. The number of anilines is 1. The van der Waals surface area contributed by atoms with Gasteiger partial charge in [-0.2, -0.15) is 0 Å². The van der Waals surface area contributed by atoms with Crippen molar-refractivity contribution in [2.24, 2.45) is 0 Å². The van der Waals surface area contributed by atoms with E-state index in [-0.39, 0.29) is 16.9 Å². The van der Waals surface area contributed by atoms with Crippen molar-refractivity contribution in [3.05, 3.63) is 57.8 Å². The summed E-state index contributed by atoms with van der Waals surface area (Å²) in [5, 5.41) is 12.1. The fourth-order valence-electron chi connectivity index (χ4n) is 1.56. The molecule has 20 heavy (non-hydrogen) atoms. The largest absolute Gasteiger partial charge is 0.476 e. The van der Waals surface area contributed by atoms with E-state index in [9.17, 15) is 9.59 Å². The van der Waals surface area contributed by atoms with Gasteiger partial charge in [-0.1, -0.05) is 23.2 Å². The zero-order valence-electron chi connectivity index (χ0n) is 9.93. The molecule has 0 radical (unpaired) electrons. The molecule has 0 saturated heterocycles. The van der Waals surface area contributed by atoms with Gasteiger partial charge >= 0.3 is 5.97 Å². The molecule has 0 aliphatic heterocycles. The van der Waals surface area contributed by atoms with E-state index in [2.05, 4.69) is 10.3 Å². The van der Waals surface area contributed by atoms with Crippen molar-refractivity contribution >= 4 is 40.8 Å². The maximum atomic E-state index is 12.0. The van der Waals surface area contributed by atoms with E-state index in [0.29, 0.717) is 10.0 Å². The third kappa shape index (κ3) is 3.26. The van der Waals surface area contributed by atoms with Gasteiger partial charge in [0.25, 0.3) is 5.91 Å². The van der Waals surface area contributed by atoms with Crippen LogP contribution in [0.1, 0.15) is 20.8 Å². The zero-order chi connectivity index (χ0) is 14.7. The molecule has 1 heterocycles. The van der Waals surface area contributed by atoms with Crippen molar-refractivity contribution in [3.8, 4) is 0 Å². The first-order chi connectivity index (χ1) is 9.47. The molecule has 2 aromatic rings. The van der Waals surface area contributed by atoms with Crippen molar-refractivity contribution in [1.29, 1.82) is 0 Å². The van der Waals surface area contributed by atoms with E-state index in [1.807, 2.05) is 0 Å². The van der Waals surface area contributed by atoms with Crippen LogP contribution < -0.4 is 5.32 Å². The van der Waals surface area contributed by atoms with Gasteiger partial charge in [-0.3, -0.25) is 4.79 Å². The smallest absolute Gasteiger partial charge is 0.356 e. The van der Waals surface area contributed by atoms with Crippen molar-refractivity contribution in [3.63, 3.8) is 0 Å². The maximum Gasteiger partial charge on any atom is 0.356 e. The molecular formula is C13H8Cl2N2O3. The Hall–Kier alpha value is -2.11. The quantitative estimate of drug-likeness (QED) is 0.911. The van der Waals surface area contributed by atoms with Crippen molar-refractivity contribution in [2.45, 2.75) is 0 Å². The first-order valence-corrected chi connectivity index (χ1v) is 6.18. The molecule has 1 aromatic heterocycles. The second-order valence-corrected chi connectivity index (χ2v) is 4.69. The number of carbonyl (C=O) groups is 2. The van der Waals surface area contributed by atoms with Crippen LogP contribution in [0.2, 0.25) is 10.0 Å². The zero-order valence-corrected chi connectivity index (χ0v) is 11.4. The Morgan fingerprint density at radius 2 is 1.80 bits per heavy atom. The molecule has 0 saturated carbocycles. The number of halogens is 2. The van der Waals surface area contributed by atoms with Gasteiger partial charge < -0.3 is 10.4 Å². The average Bonchev–Trinajstić information content (AvgIpc) is 2.37. The lowest BCUT2D eigenvalue weighted by Crippen LogP contribution is -2.15. The first-order valence-electron chi connectivity index (χ1n) is 5.43. The molecule has 1 amide bonds. The van der Waals surface area contributed by atoms with E-state index in [1.165, 1.54) is 36.5 Å². The van der Waals surface area contributed by atoms with Crippen LogP contribution in [0.5, 0.6) is 0 Å². The number of nitrogens with one attached hydrogen (secondary N) is 1. The molecule has 2 N–H and O–H groups in total. The van der Waals surface area contributed by atoms with E-state index in [4.69, 9.17) is 28.3 Å². The summed E-state index contributed by atoms with van der Waals surface area (Å²) in [6.45, 7) is 0. The Labute approximate surface area is 124 Å². The van der Waals surface area contributed by atoms with E-state index < -0.39 is 11.9 Å². The van der Waals surface area contributed by atoms with Gasteiger partial charge in [0.05, 0.1) is 5.69 Å². The molecule has 1 aromatic carbocycles. The Morgan fingerprint density at radius 1 is 1.15 bits per heavy atom. The van der Waals surface area contributed by atoms with E-state index >= 15 is 0 Å². The number of benzene rings is 1. The number of carboxylic acid groups (broad SMARTS) is 1. The number of hydrogen-bond donors (Lipinski definition) is 2. The standard InChI is InChI=1S/C13H8Cl2N2O3/c14-8-4-7(5-9(15)6-8)12(18)17-10-2-1-3-16-11(10)13(19)20/h1-6H,(H,17,18)(H,19,20). The Morgan fingerprint density at radius 3 is 2.40 bits per heavy atom. The van der Waals surface area contributed by atoms with Crippen molar-refractivity contribution in [1.82, 2.24) is 4.98 Å². The monoisotopic (exact) mass is 310 g/mol. The van der Waals surface area contributed by atoms with E-state index in [1.54, 1.807) is 0 Å².